The molecule has 0 unspecified atom stereocenters. The van der Waals surface area contributed by atoms with Gasteiger partial charge in [0, 0.05) is 61.5 Å². The van der Waals surface area contributed by atoms with Crippen molar-refractivity contribution < 1.29 is 19.2 Å². The molecule has 0 aliphatic heterocycles. The molecule has 0 spiro atoms. The Morgan fingerprint density at radius 2 is 0.690 bits per heavy atom. The van der Waals surface area contributed by atoms with Gasteiger partial charge >= 0.3 is 0 Å². The molecule has 4 amide bonds. The number of carbonyl (C=O) groups is 4. The summed E-state index contributed by atoms with van der Waals surface area (Å²) in [6.07, 6.45) is 0. The van der Waals surface area contributed by atoms with E-state index in [-0.39, 0.29) is 62.9 Å². The van der Waals surface area contributed by atoms with Crippen LogP contribution in [0.1, 0.15) is 41.4 Å². The first-order chi connectivity index (χ1) is 20.5. The minimum absolute atomic E-state index is 0.200. The molecule has 0 aliphatic carbocycles. The topological polar surface area (TPSA) is 98.8 Å². The zero-order chi connectivity index (χ0) is 29.6. The van der Waals surface area contributed by atoms with E-state index in [9.17, 15) is 19.2 Å². The van der Waals surface area contributed by atoms with Crippen molar-refractivity contribution in [3.63, 3.8) is 0 Å². The summed E-state index contributed by atoms with van der Waals surface area (Å²) in [4.78, 5) is 55.3. The Balaban J connectivity index is 1.44. The van der Waals surface area contributed by atoms with Crippen LogP contribution in [0.15, 0.2) is 121 Å². The molecule has 0 aromatic heterocycles. The molecule has 2 N–H and O–H groups in total. The number of nitrogens with one attached hydrogen (secondary N) is 2. The number of hydrogen-bond donors (Lipinski definition) is 2. The Labute approximate surface area is 246 Å². The fourth-order valence-corrected chi connectivity index (χ4v) is 4.39. The molecule has 4 aromatic rings. The summed E-state index contributed by atoms with van der Waals surface area (Å²) in [7, 11) is 0. The fraction of sp³-hybridized carbons (Fsp3) is 0.176. The van der Waals surface area contributed by atoms with Crippen LogP contribution >= 0.6 is 0 Å². The first kappa shape index (κ1) is 29.7. The normalized spacial score (nSPS) is 10.4. The van der Waals surface area contributed by atoms with E-state index in [4.69, 9.17) is 0 Å². The third kappa shape index (κ3) is 8.63. The predicted molar refractivity (Wildman–Crippen MR) is 162 cm³/mol. The highest BCUT2D eigenvalue weighted by molar-refractivity contribution is 5.96. The first-order valence-electron chi connectivity index (χ1n) is 13.9. The van der Waals surface area contributed by atoms with Crippen molar-refractivity contribution in [1.29, 1.82) is 0 Å². The molecule has 8 heteroatoms. The second kappa shape index (κ2) is 15.5. The van der Waals surface area contributed by atoms with E-state index in [1.54, 1.807) is 107 Å². The maximum Gasteiger partial charge on any atom is 0.253 e. The quantitative estimate of drug-likeness (QED) is 0.256. The molecule has 0 atom stereocenters. The summed E-state index contributed by atoms with van der Waals surface area (Å²) in [5, 5.41) is 5.75. The molecule has 0 bridgehead atoms. The van der Waals surface area contributed by atoms with Crippen LogP contribution < -0.4 is 10.6 Å². The Bertz CT molecular complexity index is 1340. The maximum atomic E-state index is 13.5. The van der Waals surface area contributed by atoms with Crippen LogP contribution in [0.25, 0.3) is 0 Å². The van der Waals surface area contributed by atoms with Gasteiger partial charge in [0.25, 0.3) is 23.6 Å². The number of nitrogens with zero attached hydrogens (tertiary/aromatic N) is 2. The molecule has 0 saturated carbocycles. The van der Waals surface area contributed by atoms with Gasteiger partial charge in [-0.1, -0.05) is 72.8 Å². The smallest absolute Gasteiger partial charge is 0.253 e. The maximum absolute atomic E-state index is 13.5. The number of carbonyl (C=O) groups excluding carboxylic acids is 4. The fourth-order valence-electron chi connectivity index (χ4n) is 4.39. The first-order valence-corrected chi connectivity index (χ1v) is 13.9. The van der Waals surface area contributed by atoms with Crippen LogP contribution in [0.5, 0.6) is 0 Å². The molecule has 0 radical (unpaired) electrons. The summed E-state index contributed by atoms with van der Waals surface area (Å²) in [5.74, 6) is -0.849. The SMILES string of the molecule is O=C(NCCN(CCN(CCNC(=O)c1ccccc1)C(=O)c1ccccc1)C(=O)c1ccccc1)c1ccccc1. The van der Waals surface area contributed by atoms with E-state index < -0.39 is 0 Å². The number of amides is 4. The van der Waals surface area contributed by atoms with Gasteiger partial charge in [-0.15, -0.1) is 0 Å². The standard InChI is InChI=1S/C34H34N4O4/c39-31(27-13-5-1-6-14-27)35-21-23-37(33(41)29-17-9-3-10-18-29)25-26-38(34(42)30-19-11-4-12-20-30)24-22-36-32(40)28-15-7-2-8-16-28/h1-20H,21-26H2,(H,35,39)(H,36,40). The van der Waals surface area contributed by atoms with Crippen LogP contribution in [0.3, 0.4) is 0 Å². The second-order valence-electron chi connectivity index (χ2n) is 9.56. The lowest BCUT2D eigenvalue weighted by Gasteiger charge is -2.28. The van der Waals surface area contributed by atoms with Gasteiger partial charge in [0.15, 0.2) is 0 Å². The van der Waals surface area contributed by atoms with E-state index in [1.807, 2.05) is 24.3 Å². The lowest BCUT2D eigenvalue weighted by atomic mass is 10.2. The van der Waals surface area contributed by atoms with Gasteiger partial charge in [-0.25, -0.2) is 0 Å². The third-order valence-electron chi connectivity index (χ3n) is 6.66. The van der Waals surface area contributed by atoms with Gasteiger partial charge in [0.05, 0.1) is 0 Å². The van der Waals surface area contributed by atoms with Crippen molar-refractivity contribution in [1.82, 2.24) is 20.4 Å². The Kier molecular flexibility index (Phi) is 11.0. The average Bonchev–Trinajstić information content (AvgIpc) is 3.06. The van der Waals surface area contributed by atoms with E-state index in [0.29, 0.717) is 22.3 Å². The van der Waals surface area contributed by atoms with Crippen molar-refractivity contribution in [2.45, 2.75) is 0 Å². The monoisotopic (exact) mass is 562 g/mol. The van der Waals surface area contributed by atoms with Gasteiger partial charge in [0.1, 0.15) is 0 Å². The molecule has 42 heavy (non-hydrogen) atoms. The highest BCUT2D eigenvalue weighted by atomic mass is 16.2. The van der Waals surface area contributed by atoms with E-state index >= 15 is 0 Å². The summed E-state index contributed by atoms with van der Waals surface area (Å²) in [5.41, 5.74) is 2.11. The summed E-state index contributed by atoms with van der Waals surface area (Å²) in [6, 6.07) is 35.6. The minimum Gasteiger partial charge on any atom is -0.350 e. The summed E-state index contributed by atoms with van der Waals surface area (Å²) < 4.78 is 0. The van der Waals surface area contributed by atoms with Gasteiger partial charge in [-0.05, 0) is 48.5 Å². The van der Waals surface area contributed by atoms with Crippen molar-refractivity contribution in [3.8, 4) is 0 Å². The minimum atomic E-state index is -0.224. The van der Waals surface area contributed by atoms with Gasteiger partial charge in [-0.2, -0.15) is 0 Å². The van der Waals surface area contributed by atoms with Gasteiger partial charge in [0.2, 0.25) is 0 Å². The van der Waals surface area contributed by atoms with Crippen LogP contribution in [0, 0.1) is 0 Å². The summed E-state index contributed by atoms with van der Waals surface area (Å²) in [6.45, 7) is 1.47. The lowest BCUT2D eigenvalue weighted by Crippen LogP contribution is -2.46. The molecule has 0 heterocycles. The van der Waals surface area contributed by atoms with E-state index in [2.05, 4.69) is 10.6 Å². The zero-order valence-electron chi connectivity index (χ0n) is 23.3. The third-order valence-corrected chi connectivity index (χ3v) is 6.66. The average molecular weight is 563 g/mol. The molecule has 4 aromatic carbocycles. The molecular formula is C34H34N4O4. The van der Waals surface area contributed by atoms with E-state index in [0.717, 1.165) is 0 Å². The van der Waals surface area contributed by atoms with Crippen molar-refractivity contribution >= 4 is 23.6 Å². The molecule has 0 aliphatic rings. The molecule has 0 saturated heterocycles. The van der Waals surface area contributed by atoms with E-state index in [1.165, 1.54) is 0 Å². The molecular weight excluding hydrogens is 528 g/mol. The molecule has 4 rings (SSSR count). The summed E-state index contributed by atoms with van der Waals surface area (Å²) >= 11 is 0. The Morgan fingerprint density at radius 1 is 0.405 bits per heavy atom. The van der Waals surface area contributed by atoms with Gasteiger partial charge < -0.3 is 20.4 Å². The number of hydrogen-bond acceptors (Lipinski definition) is 4. The molecule has 0 fully saturated rings. The number of rotatable bonds is 13. The van der Waals surface area contributed by atoms with Crippen LogP contribution in [-0.2, 0) is 0 Å². The van der Waals surface area contributed by atoms with Crippen molar-refractivity contribution in [2.75, 3.05) is 39.3 Å². The van der Waals surface area contributed by atoms with Crippen molar-refractivity contribution in [3.05, 3.63) is 144 Å². The van der Waals surface area contributed by atoms with Crippen LogP contribution in [0.4, 0.5) is 0 Å². The lowest BCUT2D eigenvalue weighted by molar-refractivity contribution is 0.0660. The predicted octanol–water partition coefficient (Wildman–Crippen LogP) is 4.13. The Hall–Kier alpha value is -5.24. The highest BCUT2D eigenvalue weighted by Gasteiger charge is 2.21. The largest absolute Gasteiger partial charge is 0.350 e. The van der Waals surface area contributed by atoms with Gasteiger partial charge in [-0.3, -0.25) is 19.2 Å². The highest BCUT2D eigenvalue weighted by Crippen LogP contribution is 2.09. The zero-order valence-corrected chi connectivity index (χ0v) is 23.3. The number of benzene rings is 4. The Morgan fingerprint density at radius 3 is 1.00 bits per heavy atom. The van der Waals surface area contributed by atoms with Crippen LogP contribution in [-0.4, -0.2) is 72.7 Å². The van der Waals surface area contributed by atoms with Crippen molar-refractivity contribution in [2.24, 2.45) is 0 Å². The molecule has 8 nitrogen and oxygen atoms in total. The second-order valence-corrected chi connectivity index (χ2v) is 9.56. The molecule has 214 valence electrons. The van der Waals surface area contributed by atoms with Crippen LogP contribution in [0.2, 0.25) is 0 Å².